The lowest BCUT2D eigenvalue weighted by atomic mass is 9.87. The summed E-state index contributed by atoms with van der Waals surface area (Å²) in [5.41, 5.74) is 27.3. The fraction of sp³-hybridized carbons (Fsp3) is 0.511. The third kappa shape index (κ3) is 9.43. The van der Waals surface area contributed by atoms with Crippen molar-refractivity contribution >= 4 is 11.4 Å². The maximum absolute atomic E-state index is 12.1. The van der Waals surface area contributed by atoms with Gasteiger partial charge in [0.1, 0.15) is 0 Å². The largest absolute Gasteiger partial charge is 0.493 e. The van der Waals surface area contributed by atoms with E-state index in [4.69, 9.17) is 0 Å². The lowest BCUT2D eigenvalue weighted by Crippen LogP contribution is -2.07. The molecule has 0 N–H and O–H groups in total. The minimum Gasteiger partial charge on any atom is -0.493 e. The van der Waals surface area contributed by atoms with Gasteiger partial charge in [0.15, 0.2) is 0 Å². The second-order valence-corrected chi connectivity index (χ2v) is 13.9. The molecule has 0 aliphatic carbocycles. The van der Waals surface area contributed by atoms with Gasteiger partial charge < -0.3 is 5.53 Å². The van der Waals surface area contributed by atoms with Crippen LogP contribution < -0.4 is 0 Å². The number of benzene rings is 3. The van der Waals surface area contributed by atoms with Gasteiger partial charge in [-0.1, -0.05) is 116 Å². The molecule has 1 aliphatic rings. The third-order valence-corrected chi connectivity index (χ3v) is 10.2. The molecule has 0 saturated carbocycles. The summed E-state index contributed by atoms with van der Waals surface area (Å²) >= 11 is 0. The van der Waals surface area contributed by atoms with Gasteiger partial charge >= 0.3 is 0 Å². The van der Waals surface area contributed by atoms with Crippen molar-refractivity contribution in [3.63, 3.8) is 0 Å². The highest BCUT2D eigenvalue weighted by Gasteiger charge is 2.30. The highest BCUT2D eigenvalue weighted by Crippen LogP contribution is 2.41. The predicted molar refractivity (Wildman–Crippen MR) is 205 cm³/mol. The molecule has 47 heavy (non-hydrogen) atoms. The first-order chi connectivity index (χ1) is 23.0. The maximum atomic E-state index is 12.1. The SMILES string of the molecule is CCCCCCCCc1cc(C2=C(CC)C=C(c3cc(CCCC)c(CCCC)c(-c4ccccc4)c3)[N+]2=[N-])cc(C)c1CCCC. The molecule has 0 aromatic heterocycles. The lowest BCUT2D eigenvalue weighted by molar-refractivity contribution is -0.344. The molecule has 252 valence electrons. The van der Waals surface area contributed by atoms with Crippen LogP contribution in [0.25, 0.3) is 28.1 Å². The molecule has 2 nitrogen and oxygen atoms in total. The summed E-state index contributed by atoms with van der Waals surface area (Å²) in [6.45, 7) is 13.7. The van der Waals surface area contributed by atoms with Gasteiger partial charge in [0, 0.05) is 22.8 Å². The first kappa shape index (κ1) is 36.6. The fourth-order valence-corrected chi connectivity index (χ4v) is 7.39. The van der Waals surface area contributed by atoms with Gasteiger partial charge in [0.2, 0.25) is 11.4 Å². The molecule has 0 unspecified atom stereocenters. The molecular formula is C45H62N2. The topological polar surface area (TPSA) is 25.3 Å². The summed E-state index contributed by atoms with van der Waals surface area (Å²) in [5, 5.41) is 0. The molecule has 0 fully saturated rings. The van der Waals surface area contributed by atoms with E-state index in [0.29, 0.717) is 0 Å². The van der Waals surface area contributed by atoms with Crippen molar-refractivity contribution in [3.05, 3.63) is 111 Å². The molecule has 1 aliphatic heterocycles. The second kappa shape index (κ2) is 18.9. The third-order valence-electron chi connectivity index (χ3n) is 10.2. The van der Waals surface area contributed by atoms with E-state index in [1.54, 1.807) is 0 Å². The Morgan fingerprint density at radius 2 is 1.13 bits per heavy atom. The van der Waals surface area contributed by atoms with Crippen LogP contribution in [0.2, 0.25) is 0 Å². The molecule has 0 amide bonds. The minimum absolute atomic E-state index is 0.877. The number of hydrogen-bond donors (Lipinski definition) is 0. The summed E-state index contributed by atoms with van der Waals surface area (Å²) < 4.78 is 1.52. The average Bonchev–Trinajstić information content (AvgIpc) is 3.43. The Morgan fingerprint density at radius 3 is 1.81 bits per heavy atom. The highest BCUT2D eigenvalue weighted by atomic mass is 15.2. The monoisotopic (exact) mass is 630 g/mol. The maximum Gasteiger partial charge on any atom is 0.210 e. The van der Waals surface area contributed by atoms with E-state index >= 15 is 0 Å². The molecule has 0 spiro atoms. The number of nitrogens with zero attached hydrogens (tertiary/aromatic N) is 2. The Kier molecular flexibility index (Phi) is 14.7. The molecule has 3 aromatic rings. The Morgan fingerprint density at radius 1 is 0.553 bits per heavy atom. The van der Waals surface area contributed by atoms with E-state index < -0.39 is 0 Å². The average molecular weight is 631 g/mol. The Labute approximate surface area is 287 Å². The van der Waals surface area contributed by atoms with Crippen LogP contribution in [0.5, 0.6) is 0 Å². The van der Waals surface area contributed by atoms with Crippen LogP contribution >= 0.6 is 0 Å². The molecule has 0 saturated heterocycles. The Bertz CT molecular complexity index is 1520. The lowest BCUT2D eigenvalue weighted by Gasteiger charge is -2.19. The molecule has 1 heterocycles. The van der Waals surface area contributed by atoms with E-state index in [1.807, 2.05) is 0 Å². The van der Waals surface area contributed by atoms with Gasteiger partial charge in [-0.25, -0.2) is 4.70 Å². The number of hydrogen-bond acceptors (Lipinski definition) is 0. The smallest absolute Gasteiger partial charge is 0.210 e. The van der Waals surface area contributed by atoms with Crippen molar-refractivity contribution in [2.45, 2.75) is 151 Å². The van der Waals surface area contributed by atoms with Crippen molar-refractivity contribution in [3.8, 4) is 11.1 Å². The first-order valence-corrected chi connectivity index (χ1v) is 19.2. The minimum atomic E-state index is 0.877. The van der Waals surface area contributed by atoms with E-state index in [1.165, 1.54) is 126 Å². The standard InChI is InChI=1S/C45H62N2/c1-7-12-16-17-18-20-26-37-31-40(29-34(6)41(37)27-14-9-3)45-35(11-5)33-44(47(45)46)39-30-38(23-13-8-2)42(28-15-10-4)43(32-39)36-24-21-19-22-25-36/h19,21-22,24-25,29-33H,7-18,20,23,26-28H2,1-6H3. The van der Waals surface area contributed by atoms with E-state index in [2.05, 4.69) is 102 Å². The van der Waals surface area contributed by atoms with Gasteiger partial charge in [0.25, 0.3) is 0 Å². The first-order valence-electron chi connectivity index (χ1n) is 19.2. The number of rotatable bonds is 20. The van der Waals surface area contributed by atoms with Crippen LogP contribution in [0.1, 0.15) is 157 Å². The Balaban J connectivity index is 1.74. The van der Waals surface area contributed by atoms with Gasteiger partial charge in [0.05, 0.1) is 0 Å². The van der Waals surface area contributed by atoms with Crippen LogP contribution in [0.4, 0.5) is 0 Å². The summed E-state index contributed by atoms with van der Waals surface area (Å²) in [7, 11) is 0. The van der Waals surface area contributed by atoms with Crippen LogP contribution in [-0.2, 0) is 25.7 Å². The van der Waals surface area contributed by atoms with E-state index in [0.717, 1.165) is 54.6 Å². The number of aryl methyl sites for hydroxylation is 3. The summed E-state index contributed by atoms with van der Waals surface area (Å²) in [6.07, 6.45) is 22.6. The van der Waals surface area contributed by atoms with E-state index in [-0.39, 0.29) is 0 Å². The van der Waals surface area contributed by atoms with Gasteiger partial charge in [-0.3, -0.25) is 0 Å². The zero-order chi connectivity index (χ0) is 33.6. The summed E-state index contributed by atoms with van der Waals surface area (Å²) in [4.78, 5) is 0. The summed E-state index contributed by atoms with van der Waals surface area (Å²) in [6, 6.07) is 20.4. The van der Waals surface area contributed by atoms with Gasteiger partial charge in [-0.05, 0) is 128 Å². The molecule has 3 aromatic carbocycles. The summed E-state index contributed by atoms with van der Waals surface area (Å²) in [5.74, 6) is 0. The molecule has 0 bridgehead atoms. The van der Waals surface area contributed by atoms with E-state index in [9.17, 15) is 5.53 Å². The van der Waals surface area contributed by atoms with Crippen molar-refractivity contribution in [1.29, 1.82) is 0 Å². The zero-order valence-corrected chi connectivity index (χ0v) is 30.7. The highest BCUT2D eigenvalue weighted by molar-refractivity contribution is 5.82. The van der Waals surface area contributed by atoms with Crippen molar-refractivity contribution in [2.75, 3.05) is 0 Å². The molecule has 0 radical (unpaired) electrons. The predicted octanol–water partition coefficient (Wildman–Crippen LogP) is 13.8. The fourth-order valence-electron chi connectivity index (χ4n) is 7.39. The van der Waals surface area contributed by atoms with Crippen molar-refractivity contribution in [2.24, 2.45) is 0 Å². The van der Waals surface area contributed by atoms with Gasteiger partial charge in [-0.2, -0.15) is 0 Å². The second-order valence-electron chi connectivity index (χ2n) is 13.9. The zero-order valence-electron chi connectivity index (χ0n) is 30.7. The molecule has 2 heteroatoms. The number of allylic oxidation sites excluding steroid dienone is 2. The molecule has 4 rings (SSSR count). The molecular weight excluding hydrogens is 569 g/mol. The Hall–Kier alpha value is -3.26. The van der Waals surface area contributed by atoms with Crippen LogP contribution in [0.3, 0.4) is 0 Å². The van der Waals surface area contributed by atoms with Crippen molar-refractivity contribution < 1.29 is 4.70 Å². The van der Waals surface area contributed by atoms with Crippen LogP contribution in [0, 0.1) is 6.92 Å². The normalized spacial score (nSPS) is 13.1. The van der Waals surface area contributed by atoms with Crippen molar-refractivity contribution in [1.82, 2.24) is 0 Å². The number of unbranched alkanes of at least 4 members (excludes halogenated alkanes) is 8. The van der Waals surface area contributed by atoms with Crippen LogP contribution in [-0.4, -0.2) is 4.70 Å². The van der Waals surface area contributed by atoms with Gasteiger partial charge in [-0.15, -0.1) is 0 Å². The molecule has 0 atom stereocenters. The quantitative estimate of drug-likeness (QED) is 0.0877. The van der Waals surface area contributed by atoms with Crippen LogP contribution in [0.15, 0.2) is 66.2 Å².